The standard InChI is InChI=1S/C22H18N4O2S3/c27-20(24-23-12-4-9-18-10-5-13-28-18)15-30-22-26-25-21(31-22)29-14-17-8-3-7-16-6-1-2-11-19(16)17/h1-13H,14-15H2,(H,24,27). The third kappa shape index (κ3) is 6.30. The SMILES string of the molecule is O=C(CSc1nnc(SCc2cccc3ccccc23)s1)NN=CC=Cc1ccco1. The van der Waals surface area contributed by atoms with E-state index in [1.807, 2.05) is 12.1 Å². The molecule has 9 heteroatoms. The first-order valence-corrected chi connectivity index (χ1v) is 12.1. The summed E-state index contributed by atoms with van der Waals surface area (Å²) in [7, 11) is 0. The minimum absolute atomic E-state index is 0.201. The van der Waals surface area contributed by atoms with Crippen molar-refractivity contribution in [3.63, 3.8) is 0 Å². The van der Waals surface area contributed by atoms with Gasteiger partial charge in [0.25, 0.3) is 5.91 Å². The first kappa shape index (κ1) is 21.4. The van der Waals surface area contributed by atoms with Crippen molar-refractivity contribution in [1.82, 2.24) is 15.6 Å². The number of rotatable bonds is 9. The van der Waals surface area contributed by atoms with Crippen molar-refractivity contribution in [1.29, 1.82) is 0 Å². The zero-order valence-electron chi connectivity index (χ0n) is 16.3. The van der Waals surface area contributed by atoms with Crippen LogP contribution in [-0.4, -0.2) is 28.1 Å². The zero-order chi connectivity index (χ0) is 21.3. The number of aromatic nitrogens is 2. The summed E-state index contributed by atoms with van der Waals surface area (Å²) in [6.45, 7) is 0. The van der Waals surface area contributed by atoms with Crippen LogP contribution in [0.5, 0.6) is 0 Å². The van der Waals surface area contributed by atoms with Crippen LogP contribution in [0.1, 0.15) is 11.3 Å². The summed E-state index contributed by atoms with van der Waals surface area (Å²) >= 11 is 4.50. The normalized spacial score (nSPS) is 11.6. The van der Waals surface area contributed by atoms with E-state index in [2.05, 4.69) is 57.1 Å². The van der Waals surface area contributed by atoms with Crippen molar-refractivity contribution in [2.45, 2.75) is 14.4 Å². The average Bonchev–Trinajstić information content (AvgIpc) is 3.48. The van der Waals surface area contributed by atoms with Gasteiger partial charge in [0.05, 0.1) is 12.0 Å². The molecule has 6 nitrogen and oxygen atoms in total. The van der Waals surface area contributed by atoms with Crippen LogP contribution in [0.25, 0.3) is 16.8 Å². The van der Waals surface area contributed by atoms with Gasteiger partial charge in [0.15, 0.2) is 8.68 Å². The molecule has 1 amide bonds. The molecule has 0 radical (unpaired) electrons. The molecule has 31 heavy (non-hydrogen) atoms. The van der Waals surface area contributed by atoms with Crippen LogP contribution in [0.3, 0.4) is 0 Å². The summed E-state index contributed by atoms with van der Waals surface area (Å²) in [4.78, 5) is 11.9. The van der Waals surface area contributed by atoms with Crippen LogP contribution < -0.4 is 5.43 Å². The number of nitrogens with one attached hydrogen (secondary N) is 1. The lowest BCUT2D eigenvalue weighted by molar-refractivity contribution is -0.118. The number of allylic oxidation sites excluding steroid dienone is 1. The molecule has 2 aromatic carbocycles. The van der Waals surface area contributed by atoms with Crippen LogP contribution >= 0.6 is 34.9 Å². The number of benzene rings is 2. The molecule has 156 valence electrons. The second-order valence-corrected chi connectivity index (χ2v) is 9.66. The lowest BCUT2D eigenvalue weighted by atomic mass is 10.1. The van der Waals surface area contributed by atoms with Crippen molar-refractivity contribution in [2.75, 3.05) is 5.75 Å². The fourth-order valence-electron chi connectivity index (χ4n) is 2.71. The summed E-state index contributed by atoms with van der Waals surface area (Å²) in [6.07, 6.45) is 6.54. The molecule has 2 aromatic heterocycles. The third-order valence-electron chi connectivity index (χ3n) is 4.10. The van der Waals surface area contributed by atoms with Crippen molar-refractivity contribution in [3.8, 4) is 0 Å². The minimum atomic E-state index is -0.201. The van der Waals surface area contributed by atoms with Crippen LogP contribution in [0.2, 0.25) is 0 Å². The maximum Gasteiger partial charge on any atom is 0.250 e. The lowest BCUT2D eigenvalue weighted by Crippen LogP contribution is -2.19. The number of carbonyl (C=O) groups is 1. The Morgan fingerprint density at radius 1 is 1.06 bits per heavy atom. The van der Waals surface area contributed by atoms with E-state index in [-0.39, 0.29) is 11.7 Å². The highest BCUT2D eigenvalue weighted by Crippen LogP contribution is 2.32. The number of carbonyl (C=O) groups excluding carboxylic acids is 1. The fraction of sp³-hybridized carbons (Fsp3) is 0.0909. The number of hydrazone groups is 1. The molecular weight excluding hydrogens is 448 g/mol. The molecule has 0 saturated carbocycles. The van der Waals surface area contributed by atoms with Gasteiger partial charge in [-0.15, -0.1) is 10.2 Å². The van der Waals surface area contributed by atoms with Crippen molar-refractivity contribution < 1.29 is 9.21 Å². The summed E-state index contributed by atoms with van der Waals surface area (Å²) in [5.41, 5.74) is 3.75. The number of hydrogen-bond acceptors (Lipinski definition) is 8. The average molecular weight is 467 g/mol. The summed E-state index contributed by atoms with van der Waals surface area (Å²) in [5, 5.41) is 14.8. The smallest absolute Gasteiger partial charge is 0.250 e. The highest BCUT2D eigenvalue weighted by Gasteiger charge is 2.09. The highest BCUT2D eigenvalue weighted by atomic mass is 32.2. The van der Waals surface area contributed by atoms with Crippen LogP contribution in [-0.2, 0) is 10.5 Å². The van der Waals surface area contributed by atoms with E-state index in [9.17, 15) is 4.79 Å². The van der Waals surface area contributed by atoms with Gasteiger partial charge in [0, 0.05) is 12.0 Å². The van der Waals surface area contributed by atoms with Crippen molar-refractivity contribution in [3.05, 3.63) is 78.3 Å². The molecule has 0 aliphatic rings. The van der Waals surface area contributed by atoms with Gasteiger partial charge >= 0.3 is 0 Å². The number of hydrogen-bond donors (Lipinski definition) is 1. The van der Waals surface area contributed by atoms with E-state index in [1.165, 1.54) is 45.6 Å². The number of furan rings is 1. The Morgan fingerprint density at radius 3 is 2.77 bits per heavy atom. The van der Waals surface area contributed by atoms with Gasteiger partial charge < -0.3 is 4.42 Å². The first-order valence-electron chi connectivity index (χ1n) is 9.36. The number of fused-ring (bicyclic) bond motifs is 1. The van der Waals surface area contributed by atoms with Gasteiger partial charge in [-0.25, -0.2) is 5.43 Å². The molecule has 0 fully saturated rings. The maximum atomic E-state index is 11.9. The second kappa shape index (κ2) is 10.9. The van der Waals surface area contributed by atoms with E-state index in [4.69, 9.17) is 4.42 Å². The number of nitrogens with zero attached hydrogens (tertiary/aromatic N) is 3. The Labute approximate surface area is 191 Å². The van der Waals surface area contributed by atoms with Gasteiger partial charge in [-0.3, -0.25) is 4.79 Å². The summed E-state index contributed by atoms with van der Waals surface area (Å²) in [5.74, 6) is 1.56. The molecule has 4 rings (SSSR count). The molecule has 1 N–H and O–H groups in total. The Kier molecular flexibility index (Phi) is 7.54. The highest BCUT2D eigenvalue weighted by molar-refractivity contribution is 8.03. The summed E-state index contributed by atoms with van der Waals surface area (Å²) in [6, 6.07) is 18.3. The largest absolute Gasteiger partial charge is 0.465 e. The molecule has 0 spiro atoms. The molecule has 4 aromatic rings. The number of amides is 1. The molecule has 2 heterocycles. The van der Waals surface area contributed by atoms with E-state index in [0.717, 1.165) is 20.2 Å². The van der Waals surface area contributed by atoms with E-state index in [1.54, 1.807) is 36.2 Å². The molecule has 0 atom stereocenters. The fourth-order valence-corrected chi connectivity index (χ4v) is 5.52. The van der Waals surface area contributed by atoms with E-state index in [0.29, 0.717) is 0 Å². The predicted octanol–water partition coefficient (Wildman–Crippen LogP) is 5.48. The van der Waals surface area contributed by atoms with Gasteiger partial charge in [-0.05, 0) is 40.6 Å². The molecule has 0 bridgehead atoms. The quantitative estimate of drug-likeness (QED) is 0.200. The van der Waals surface area contributed by atoms with Crippen molar-refractivity contribution >= 4 is 63.8 Å². The minimum Gasteiger partial charge on any atom is -0.465 e. The maximum absolute atomic E-state index is 11.9. The van der Waals surface area contributed by atoms with Gasteiger partial charge in [0.2, 0.25) is 0 Å². The second-order valence-electron chi connectivity index (χ2n) is 6.24. The molecular formula is C22H18N4O2S3. The summed E-state index contributed by atoms with van der Waals surface area (Å²) < 4.78 is 6.81. The molecule has 0 aliphatic carbocycles. The van der Waals surface area contributed by atoms with E-state index < -0.39 is 0 Å². The molecule has 0 saturated heterocycles. The number of thioether (sulfide) groups is 2. The van der Waals surface area contributed by atoms with Gasteiger partial charge in [-0.1, -0.05) is 77.3 Å². The lowest BCUT2D eigenvalue weighted by Gasteiger charge is -2.04. The molecule has 0 aliphatic heterocycles. The topological polar surface area (TPSA) is 80.4 Å². The van der Waals surface area contributed by atoms with Crippen LogP contribution in [0, 0.1) is 0 Å². The van der Waals surface area contributed by atoms with Crippen molar-refractivity contribution in [2.24, 2.45) is 5.10 Å². The zero-order valence-corrected chi connectivity index (χ0v) is 18.8. The molecule has 0 unspecified atom stereocenters. The Bertz CT molecular complexity index is 1200. The predicted molar refractivity (Wildman–Crippen MR) is 129 cm³/mol. The monoisotopic (exact) mass is 466 g/mol. The Hall–Kier alpha value is -2.88. The van der Waals surface area contributed by atoms with Gasteiger partial charge in [-0.2, -0.15) is 5.10 Å². The van der Waals surface area contributed by atoms with Crippen LogP contribution in [0.15, 0.2) is 85.1 Å². The van der Waals surface area contributed by atoms with Gasteiger partial charge in [0.1, 0.15) is 5.76 Å². The van der Waals surface area contributed by atoms with E-state index >= 15 is 0 Å². The Morgan fingerprint density at radius 2 is 1.90 bits per heavy atom. The first-order chi connectivity index (χ1) is 15.3. The van der Waals surface area contributed by atoms with Crippen LogP contribution in [0.4, 0.5) is 0 Å². The third-order valence-corrected chi connectivity index (χ3v) is 7.34. The Balaban J connectivity index is 1.22.